The molecule has 3 N–H and O–H groups in total. The third kappa shape index (κ3) is 3.40. The number of anilines is 1. The van der Waals surface area contributed by atoms with Gasteiger partial charge in [0.1, 0.15) is 10.7 Å². The van der Waals surface area contributed by atoms with Gasteiger partial charge >= 0.3 is 0 Å². The lowest BCUT2D eigenvalue weighted by Gasteiger charge is -2.20. The molecule has 1 aliphatic carbocycles. The summed E-state index contributed by atoms with van der Waals surface area (Å²) >= 11 is 4.99. The van der Waals surface area contributed by atoms with Crippen LogP contribution in [0, 0.1) is 0 Å². The van der Waals surface area contributed by atoms with Crippen LogP contribution in [0.3, 0.4) is 0 Å². The van der Waals surface area contributed by atoms with E-state index < -0.39 is 0 Å². The number of nitrogens with one attached hydrogen (secondary N) is 1. The van der Waals surface area contributed by atoms with Crippen molar-refractivity contribution in [3.63, 3.8) is 0 Å². The van der Waals surface area contributed by atoms with Crippen molar-refractivity contribution in [2.24, 2.45) is 5.73 Å². The van der Waals surface area contributed by atoms with E-state index in [4.69, 9.17) is 18.0 Å². The van der Waals surface area contributed by atoms with Gasteiger partial charge in [0.15, 0.2) is 0 Å². The van der Waals surface area contributed by atoms with Crippen LogP contribution in [-0.4, -0.2) is 40.5 Å². The van der Waals surface area contributed by atoms with E-state index in [0.717, 1.165) is 31.4 Å². The van der Waals surface area contributed by atoms with E-state index in [9.17, 15) is 0 Å². The number of thiocarbonyl (C=S) groups is 1. The highest BCUT2D eigenvalue weighted by Gasteiger charge is 2.27. The van der Waals surface area contributed by atoms with Gasteiger partial charge < -0.3 is 11.1 Å². The lowest BCUT2D eigenvalue weighted by molar-refractivity contribution is 0.289. The predicted molar refractivity (Wildman–Crippen MR) is 78.9 cm³/mol. The molecule has 18 heavy (non-hydrogen) atoms. The zero-order valence-corrected chi connectivity index (χ0v) is 11.5. The summed E-state index contributed by atoms with van der Waals surface area (Å²) in [7, 11) is 0. The molecule has 0 radical (unpaired) electrons. The van der Waals surface area contributed by atoms with Gasteiger partial charge in [-0.3, -0.25) is 9.88 Å². The monoisotopic (exact) mass is 264 g/mol. The maximum atomic E-state index is 5.65. The number of nitrogens with two attached hydrogens (primary N) is 1. The van der Waals surface area contributed by atoms with Crippen molar-refractivity contribution in [3.8, 4) is 0 Å². The Labute approximate surface area is 114 Å². The third-order valence-electron chi connectivity index (χ3n) is 3.23. The Morgan fingerprint density at radius 2 is 2.39 bits per heavy atom. The van der Waals surface area contributed by atoms with Crippen LogP contribution in [0.5, 0.6) is 0 Å². The summed E-state index contributed by atoms with van der Waals surface area (Å²) in [4.78, 5) is 7.05. The van der Waals surface area contributed by atoms with E-state index in [1.807, 2.05) is 12.1 Å². The molecule has 1 aliphatic rings. The summed E-state index contributed by atoms with van der Waals surface area (Å²) in [5, 5.41) is 3.37. The molecule has 0 aromatic carbocycles. The summed E-state index contributed by atoms with van der Waals surface area (Å²) in [6.45, 7) is 5.27. The number of pyridine rings is 1. The number of aromatic nitrogens is 1. The fourth-order valence-electron chi connectivity index (χ4n) is 2.12. The van der Waals surface area contributed by atoms with Gasteiger partial charge in [-0.15, -0.1) is 0 Å². The van der Waals surface area contributed by atoms with Crippen molar-refractivity contribution in [2.45, 2.75) is 25.8 Å². The minimum Gasteiger partial charge on any atom is -0.388 e. The minimum atomic E-state index is 0.340. The average molecular weight is 264 g/mol. The fourth-order valence-corrected chi connectivity index (χ4v) is 2.28. The van der Waals surface area contributed by atoms with Gasteiger partial charge in [0.2, 0.25) is 0 Å². The highest BCUT2D eigenvalue weighted by Crippen LogP contribution is 2.26. The lowest BCUT2D eigenvalue weighted by atomic mass is 10.3. The second kappa shape index (κ2) is 6.11. The zero-order valence-electron chi connectivity index (χ0n) is 10.7. The van der Waals surface area contributed by atoms with Crippen molar-refractivity contribution in [2.75, 3.05) is 25.0 Å². The number of nitrogens with zero attached hydrogens (tertiary/aromatic N) is 2. The molecule has 0 amide bonds. The van der Waals surface area contributed by atoms with Crippen LogP contribution in [-0.2, 0) is 0 Å². The number of rotatable bonds is 7. The molecular formula is C13H20N4S. The first-order valence-electron chi connectivity index (χ1n) is 6.45. The van der Waals surface area contributed by atoms with E-state index in [2.05, 4.69) is 22.1 Å². The molecule has 98 valence electrons. The Bertz CT molecular complexity index is 417. The molecule has 1 fully saturated rings. The van der Waals surface area contributed by atoms with Gasteiger partial charge in [0.25, 0.3) is 0 Å². The van der Waals surface area contributed by atoms with Crippen LogP contribution in [0.1, 0.15) is 25.5 Å². The van der Waals surface area contributed by atoms with Gasteiger partial charge in [-0.05, 0) is 31.5 Å². The van der Waals surface area contributed by atoms with Crippen LogP contribution in [0.15, 0.2) is 18.3 Å². The van der Waals surface area contributed by atoms with Crippen molar-refractivity contribution < 1.29 is 0 Å². The van der Waals surface area contributed by atoms with Crippen LogP contribution < -0.4 is 11.1 Å². The standard InChI is InChI=1S/C13H20N4S/c1-2-17(10-5-6-10)9-8-15-11-4-3-7-16-12(11)13(14)18/h3-4,7,10,15H,2,5-6,8-9H2,1H3,(H2,14,18). The summed E-state index contributed by atoms with van der Waals surface area (Å²) in [6, 6.07) is 4.66. The number of hydrogen-bond donors (Lipinski definition) is 2. The Morgan fingerprint density at radius 1 is 1.61 bits per heavy atom. The van der Waals surface area contributed by atoms with Crippen LogP contribution in [0.2, 0.25) is 0 Å². The van der Waals surface area contributed by atoms with Gasteiger partial charge in [-0.1, -0.05) is 19.1 Å². The van der Waals surface area contributed by atoms with Gasteiger partial charge in [-0.25, -0.2) is 0 Å². The van der Waals surface area contributed by atoms with Crippen molar-refractivity contribution in [3.05, 3.63) is 24.0 Å². The molecule has 0 aliphatic heterocycles. The molecule has 0 unspecified atom stereocenters. The van der Waals surface area contributed by atoms with E-state index in [1.54, 1.807) is 6.20 Å². The molecule has 0 spiro atoms. The first kappa shape index (κ1) is 13.2. The highest BCUT2D eigenvalue weighted by atomic mass is 32.1. The maximum Gasteiger partial charge on any atom is 0.124 e. The molecule has 1 heterocycles. The molecule has 4 nitrogen and oxygen atoms in total. The Morgan fingerprint density at radius 3 is 3.00 bits per heavy atom. The summed E-state index contributed by atoms with van der Waals surface area (Å²) in [5.74, 6) is 0. The predicted octanol–water partition coefficient (Wildman–Crippen LogP) is 1.61. The third-order valence-corrected chi connectivity index (χ3v) is 3.42. The van der Waals surface area contributed by atoms with E-state index in [1.165, 1.54) is 12.8 Å². The topological polar surface area (TPSA) is 54.2 Å². The summed E-state index contributed by atoms with van der Waals surface area (Å²) in [5.41, 5.74) is 7.26. The molecule has 1 saturated carbocycles. The lowest BCUT2D eigenvalue weighted by Crippen LogP contribution is -2.31. The molecule has 1 aromatic heterocycles. The molecule has 2 rings (SSSR count). The number of likely N-dealkylation sites (N-methyl/N-ethyl adjacent to an activating group) is 1. The SMILES string of the molecule is CCN(CCNc1cccnc1C(N)=S)C1CC1. The van der Waals surface area contributed by atoms with Gasteiger partial charge in [-0.2, -0.15) is 0 Å². The smallest absolute Gasteiger partial charge is 0.124 e. The maximum absolute atomic E-state index is 5.65. The molecule has 0 bridgehead atoms. The molecule has 5 heteroatoms. The molecular weight excluding hydrogens is 244 g/mol. The minimum absolute atomic E-state index is 0.340. The highest BCUT2D eigenvalue weighted by molar-refractivity contribution is 7.80. The fraction of sp³-hybridized carbons (Fsp3) is 0.538. The van der Waals surface area contributed by atoms with E-state index >= 15 is 0 Å². The largest absolute Gasteiger partial charge is 0.388 e. The van der Waals surface area contributed by atoms with Crippen molar-refractivity contribution >= 4 is 22.9 Å². The Hall–Kier alpha value is -1.20. The Kier molecular flexibility index (Phi) is 4.49. The second-order valence-corrected chi connectivity index (χ2v) is 4.99. The molecule has 0 atom stereocenters. The Balaban J connectivity index is 1.87. The molecule has 0 saturated heterocycles. The van der Waals surface area contributed by atoms with E-state index in [-0.39, 0.29) is 0 Å². The van der Waals surface area contributed by atoms with Crippen molar-refractivity contribution in [1.29, 1.82) is 0 Å². The van der Waals surface area contributed by atoms with Crippen LogP contribution in [0.4, 0.5) is 5.69 Å². The van der Waals surface area contributed by atoms with Crippen LogP contribution >= 0.6 is 12.2 Å². The summed E-state index contributed by atoms with van der Waals surface area (Å²) in [6.07, 6.45) is 4.40. The van der Waals surface area contributed by atoms with Gasteiger partial charge in [0, 0.05) is 25.3 Å². The quantitative estimate of drug-likeness (QED) is 0.733. The molecule has 1 aromatic rings. The first-order valence-corrected chi connectivity index (χ1v) is 6.86. The summed E-state index contributed by atoms with van der Waals surface area (Å²) < 4.78 is 0. The normalized spacial score (nSPS) is 14.8. The first-order chi connectivity index (χ1) is 8.72. The van der Waals surface area contributed by atoms with Crippen LogP contribution in [0.25, 0.3) is 0 Å². The van der Waals surface area contributed by atoms with Gasteiger partial charge in [0.05, 0.1) is 5.69 Å². The second-order valence-electron chi connectivity index (χ2n) is 4.55. The average Bonchev–Trinajstić information content (AvgIpc) is 3.19. The number of hydrogen-bond acceptors (Lipinski definition) is 4. The zero-order chi connectivity index (χ0) is 13.0. The van der Waals surface area contributed by atoms with Crippen molar-refractivity contribution in [1.82, 2.24) is 9.88 Å². The van der Waals surface area contributed by atoms with E-state index in [0.29, 0.717) is 10.7 Å².